The first-order chi connectivity index (χ1) is 16.8. The highest BCUT2D eigenvalue weighted by Crippen LogP contribution is 2.28. The fourth-order valence-electron chi connectivity index (χ4n) is 4.20. The van der Waals surface area contributed by atoms with E-state index in [0.717, 1.165) is 91.1 Å². The molecule has 0 aliphatic carbocycles. The van der Waals surface area contributed by atoms with Crippen molar-refractivity contribution in [2.45, 2.75) is 60.3 Å². The van der Waals surface area contributed by atoms with Gasteiger partial charge in [0.2, 0.25) is 0 Å². The second-order valence-corrected chi connectivity index (χ2v) is 10.4. The van der Waals surface area contributed by atoms with Crippen LogP contribution in [0.2, 0.25) is 0 Å². The average Bonchev–Trinajstić information content (AvgIpc) is 3.25. The SMILES string of the molecule is C=C/C(=C\CCN(CC)CCCN)c1c[nH]c2ncc(-c3cnc(CCC(C)(C)C)c(C)c3)nc12. The molecule has 3 N–H and O–H groups in total. The molecule has 0 saturated carbocycles. The summed E-state index contributed by atoms with van der Waals surface area (Å²) in [5.74, 6) is 0. The Morgan fingerprint density at radius 3 is 2.66 bits per heavy atom. The molecule has 0 fully saturated rings. The quantitative estimate of drug-likeness (QED) is 0.318. The van der Waals surface area contributed by atoms with Gasteiger partial charge in [0.15, 0.2) is 5.65 Å². The Labute approximate surface area is 210 Å². The molecule has 0 bridgehead atoms. The zero-order valence-electron chi connectivity index (χ0n) is 22.2. The molecule has 0 amide bonds. The van der Waals surface area contributed by atoms with E-state index in [-0.39, 0.29) is 0 Å². The summed E-state index contributed by atoms with van der Waals surface area (Å²) in [7, 11) is 0. The highest BCUT2D eigenvalue weighted by atomic mass is 15.1. The van der Waals surface area contributed by atoms with Crippen LogP contribution in [0.25, 0.3) is 28.0 Å². The van der Waals surface area contributed by atoms with E-state index in [1.165, 1.54) is 5.56 Å². The molecule has 0 unspecified atom stereocenters. The van der Waals surface area contributed by atoms with Crippen LogP contribution in [0.4, 0.5) is 0 Å². The van der Waals surface area contributed by atoms with Crippen molar-refractivity contribution in [3.8, 4) is 11.3 Å². The van der Waals surface area contributed by atoms with Gasteiger partial charge >= 0.3 is 0 Å². The number of aromatic nitrogens is 4. The van der Waals surface area contributed by atoms with Gasteiger partial charge in [0, 0.05) is 35.8 Å². The Balaban J connectivity index is 1.82. The molecule has 6 nitrogen and oxygen atoms in total. The van der Waals surface area contributed by atoms with Crippen molar-refractivity contribution in [2.24, 2.45) is 11.1 Å². The Morgan fingerprint density at radius 2 is 2.00 bits per heavy atom. The standard InChI is InChI=1S/C29H42N6/c1-7-22(11-9-15-35(8-2)16-10-14-30)24-19-32-28-27(24)34-26(20-33-28)23-17-21(3)25(31-18-23)12-13-29(4,5)6/h7,11,17-20H,1,8-10,12-16,30H2,2-6H3,(H,32,33)/b22-11+. The number of aromatic amines is 1. The minimum absolute atomic E-state index is 0.295. The molecular formula is C29H42N6. The second-order valence-electron chi connectivity index (χ2n) is 10.4. The Kier molecular flexibility index (Phi) is 9.35. The van der Waals surface area contributed by atoms with Gasteiger partial charge in [-0.25, -0.2) is 9.97 Å². The van der Waals surface area contributed by atoms with E-state index in [1.807, 2.05) is 24.7 Å². The van der Waals surface area contributed by atoms with Gasteiger partial charge < -0.3 is 15.6 Å². The van der Waals surface area contributed by atoms with Crippen molar-refractivity contribution in [1.29, 1.82) is 0 Å². The van der Waals surface area contributed by atoms with Crippen LogP contribution in [0.1, 0.15) is 63.8 Å². The average molecular weight is 475 g/mol. The molecule has 0 radical (unpaired) electrons. The van der Waals surface area contributed by atoms with Crippen molar-refractivity contribution in [3.63, 3.8) is 0 Å². The molecule has 0 spiro atoms. The van der Waals surface area contributed by atoms with Gasteiger partial charge in [-0.3, -0.25) is 4.98 Å². The number of rotatable bonds is 12. The topological polar surface area (TPSA) is 83.7 Å². The minimum Gasteiger partial charge on any atom is -0.344 e. The van der Waals surface area contributed by atoms with Crippen molar-refractivity contribution in [2.75, 3.05) is 26.2 Å². The van der Waals surface area contributed by atoms with Gasteiger partial charge in [0.1, 0.15) is 5.52 Å². The molecule has 3 rings (SSSR count). The van der Waals surface area contributed by atoms with Gasteiger partial charge in [0.25, 0.3) is 0 Å². The molecule has 35 heavy (non-hydrogen) atoms. The van der Waals surface area contributed by atoms with Crippen molar-refractivity contribution in [1.82, 2.24) is 24.8 Å². The molecule has 0 atom stereocenters. The highest BCUT2D eigenvalue weighted by molar-refractivity contribution is 5.91. The summed E-state index contributed by atoms with van der Waals surface area (Å²) in [6.07, 6.45) is 13.9. The first-order valence-electron chi connectivity index (χ1n) is 12.8. The normalized spacial score (nSPS) is 12.6. The molecule has 188 valence electrons. The van der Waals surface area contributed by atoms with Gasteiger partial charge in [-0.2, -0.15) is 0 Å². The van der Waals surface area contributed by atoms with E-state index in [2.05, 4.69) is 68.2 Å². The molecule has 0 aliphatic rings. The molecule has 3 aromatic rings. The van der Waals surface area contributed by atoms with Crippen LogP contribution in [0, 0.1) is 12.3 Å². The fourth-order valence-corrected chi connectivity index (χ4v) is 4.20. The summed E-state index contributed by atoms with van der Waals surface area (Å²) >= 11 is 0. The van der Waals surface area contributed by atoms with Crippen molar-refractivity contribution in [3.05, 3.63) is 60.2 Å². The van der Waals surface area contributed by atoms with Crippen LogP contribution in [-0.2, 0) is 6.42 Å². The molecular weight excluding hydrogens is 432 g/mol. The third-order valence-corrected chi connectivity index (χ3v) is 6.44. The Bertz CT molecular complexity index is 1150. The number of nitrogens with zero attached hydrogens (tertiary/aromatic N) is 4. The van der Waals surface area contributed by atoms with Crippen LogP contribution in [-0.4, -0.2) is 51.0 Å². The number of nitrogens with one attached hydrogen (secondary N) is 1. The van der Waals surface area contributed by atoms with Gasteiger partial charge in [-0.15, -0.1) is 0 Å². The number of pyridine rings is 1. The lowest BCUT2D eigenvalue weighted by Crippen LogP contribution is -2.26. The van der Waals surface area contributed by atoms with Crippen molar-refractivity contribution < 1.29 is 0 Å². The van der Waals surface area contributed by atoms with E-state index < -0.39 is 0 Å². The first-order valence-corrected chi connectivity index (χ1v) is 12.8. The second kappa shape index (κ2) is 12.2. The largest absolute Gasteiger partial charge is 0.344 e. The summed E-state index contributed by atoms with van der Waals surface area (Å²) < 4.78 is 0. The van der Waals surface area contributed by atoms with Gasteiger partial charge in [-0.1, -0.05) is 46.4 Å². The van der Waals surface area contributed by atoms with E-state index in [0.29, 0.717) is 5.41 Å². The summed E-state index contributed by atoms with van der Waals surface area (Å²) in [5, 5.41) is 0. The maximum atomic E-state index is 5.67. The first kappa shape index (κ1) is 26.8. The monoisotopic (exact) mass is 474 g/mol. The smallest absolute Gasteiger partial charge is 0.156 e. The van der Waals surface area contributed by atoms with E-state index in [1.54, 1.807) is 0 Å². The minimum atomic E-state index is 0.295. The Hall–Kier alpha value is -2.83. The van der Waals surface area contributed by atoms with E-state index in [9.17, 15) is 0 Å². The molecule has 0 aliphatic heterocycles. The zero-order valence-corrected chi connectivity index (χ0v) is 22.2. The van der Waals surface area contributed by atoms with Gasteiger partial charge in [-0.05, 0) is 74.9 Å². The maximum Gasteiger partial charge on any atom is 0.156 e. The van der Waals surface area contributed by atoms with Crippen LogP contribution in [0.3, 0.4) is 0 Å². The summed E-state index contributed by atoms with van der Waals surface area (Å²) in [6, 6.07) is 2.18. The maximum absolute atomic E-state index is 5.67. The summed E-state index contributed by atoms with van der Waals surface area (Å²) in [6.45, 7) is 19.0. The third-order valence-electron chi connectivity index (χ3n) is 6.44. The Morgan fingerprint density at radius 1 is 1.20 bits per heavy atom. The third kappa shape index (κ3) is 7.33. The van der Waals surface area contributed by atoms with Crippen LogP contribution < -0.4 is 5.73 Å². The zero-order chi connectivity index (χ0) is 25.4. The molecule has 3 heterocycles. The van der Waals surface area contributed by atoms with E-state index >= 15 is 0 Å². The highest BCUT2D eigenvalue weighted by Gasteiger charge is 2.14. The summed E-state index contributed by atoms with van der Waals surface area (Å²) in [5.41, 5.74) is 13.9. The lowest BCUT2D eigenvalue weighted by molar-refractivity contribution is 0.292. The molecule has 6 heteroatoms. The van der Waals surface area contributed by atoms with Crippen LogP contribution >= 0.6 is 0 Å². The molecule has 0 saturated heterocycles. The van der Waals surface area contributed by atoms with Crippen LogP contribution in [0.5, 0.6) is 0 Å². The predicted molar refractivity (Wildman–Crippen MR) is 148 cm³/mol. The van der Waals surface area contributed by atoms with E-state index in [4.69, 9.17) is 15.7 Å². The lowest BCUT2D eigenvalue weighted by atomic mass is 9.89. The predicted octanol–water partition coefficient (Wildman–Crippen LogP) is 5.94. The number of nitrogens with two attached hydrogens (primary N) is 1. The number of aryl methyl sites for hydroxylation is 2. The number of H-pyrrole nitrogens is 1. The number of fused-ring (bicyclic) bond motifs is 1. The number of allylic oxidation sites excluding steroid dienone is 2. The lowest BCUT2D eigenvalue weighted by Gasteiger charge is -2.19. The van der Waals surface area contributed by atoms with Gasteiger partial charge in [0.05, 0.1) is 11.9 Å². The molecule has 3 aromatic heterocycles. The number of hydrogen-bond donors (Lipinski definition) is 2. The fraction of sp³-hybridized carbons (Fsp3) is 0.483. The van der Waals surface area contributed by atoms with Crippen molar-refractivity contribution >= 4 is 16.7 Å². The number of hydrogen-bond acceptors (Lipinski definition) is 5. The summed E-state index contributed by atoms with van der Waals surface area (Å²) in [4.78, 5) is 20.1. The molecule has 0 aromatic carbocycles. The van der Waals surface area contributed by atoms with Crippen LogP contribution in [0.15, 0.2) is 43.4 Å².